The van der Waals surface area contributed by atoms with Gasteiger partial charge in [0.2, 0.25) is 11.8 Å². The number of halogens is 2. The highest BCUT2D eigenvalue weighted by Crippen LogP contribution is 2.26. The Morgan fingerprint density at radius 3 is 2.31 bits per heavy atom. The van der Waals surface area contributed by atoms with Crippen LogP contribution in [0, 0.1) is 0 Å². The number of guanidine groups is 1. The summed E-state index contributed by atoms with van der Waals surface area (Å²) in [5.74, 6) is -2.84. The summed E-state index contributed by atoms with van der Waals surface area (Å²) >= 11 is 12.1. The van der Waals surface area contributed by atoms with Crippen LogP contribution in [0.15, 0.2) is 53.5 Å². The molecule has 2 aromatic carbocycles. The lowest BCUT2D eigenvalue weighted by Crippen LogP contribution is -2.67. The molecule has 11 heteroatoms. The van der Waals surface area contributed by atoms with E-state index in [-0.39, 0.29) is 38.3 Å². The molecule has 0 saturated carbocycles. The van der Waals surface area contributed by atoms with Gasteiger partial charge in [0.25, 0.3) is 0 Å². The molecule has 2 amide bonds. The minimum Gasteiger partial charge on any atom is -0.478 e. The highest BCUT2D eigenvalue weighted by Gasteiger charge is 2.48. The Hall–Kier alpha value is -3.14. The van der Waals surface area contributed by atoms with E-state index in [9.17, 15) is 19.5 Å². The van der Waals surface area contributed by atoms with Crippen LogP contribution in [0.3, 0.4) is 0 Å². The van der Waals surface area contributed by atoms with Crippen molar-refractivity contribution in [3.63, 3.8) is 0 Å². The fraction of sp³-hybridized carbons (Fsp3) is 0.333. The number of carbonyl (C=O) groups excluding carboxylic acids is 2. The maximum absolute atomic E-state index is 13.3. The molecular weight excluding hydrogens is 493 g/mol. The number of benzene rings is 2. The van der Waals surface area contributed by atoms with Crippen LogP contribution >= 0.6 is 23.2 Å². The number of carboxylic acids is 1. The van der Waals surface area contributed by atoms with Crippen LogP contribution in [-0.4, -0.2) is 46.0 Å². The molecule has 35 heavy (non-hydrogen) atoms. The number of hydrogen-bond acceptors (Lipinski definition) is 5. The summed E-state index contributed by atoms with van der Waals surface area (Å²) in [6.45, 7) is 1.28. The van der Waals surface area contributed by atoms with Gasteiger partial charge in [-0.3, -0.25) is 24.8 Å². The molecule has 0 unspecified atom stereocenters. The first-order valence-electron chi connectivity index (χ1n) is 10.9. The number of rotatable bonds is 12. The standard InChI is InChI=1S/C24H29Cl2N5O4/c1-16(32)31(21(33)11-9-17-6-3-2-4-7-17)24(22(34)35,12-5-13-29-23(27)28)30-15-18-8-10-19(25)20(26)14-18/h2-4,6-8,10,14,30H,5,9,11-13,15H2,1H3,(H,34,35)(H4,27,28,29)/t24-/m0/s1. The highest BCUT2D eigenvalue weighted by molar-refractivity contribution is 6.42. The summed E-state index contributed by atoms with van der Waals surface area (Å²) in [6.07, 6.45) is 0.354. The van der Waals surface area contributed by atoms with Crippen molar-refractivity contribution in [1.82, 2.24) is 10.2 Å². The van der Waals surface area contributed by atoms with E-state index in [1.165, 1.54) is 0 Å². The van der Waals surface area contributed by atoms with Gasteiger partial charge in [0, 0.05) is 26.4 Å². The number of amides is 2. The van der Waals surface area contributed by atoms with E-state index in [2.05, 4.69) is 10.3 Å². The Kier molecular flexibility index (Phi) is 10.5. The van der Waals surface area contributed by atoms with Crippen molar-refractivity contribution in [2.24, 2.45) is 16.5 Å². The highest BCUT2D eigenvalue weighted by atomic mass is 35.5. The van der Waals surface area contributed by atoms with E-state index in [1.807, 2.05) is 30.3 Å². The number of carbonyl (C=O) groups is 3. The molecule has 0 saturated heterocycles. The second-order valence-electron chi connectivity index (χ2n) is 7.91. The Labute approximate surface area is 214 Å². The fourth-order valence-electron chi connectivity index (χ4n) is 3.66. The lowest BCUT2D eigenvalue weighted by molar-refractivity contribution is -0.169. The van der Waals surface area contributed by atoms with Crippen molar-refractivity contribution in [2.45, 2.75) is 44.8 Å². The first-order chi connectivity index (χ1) is 16.6. The van der Waals surface area contributed by atoms with Gasteiger partial charge in [0.1, 0.15) is 0 Å². The van der Waals surface area contributed by atoms with Gasteiger partial charge in [0.05, 0.1) is 10.0 Å². The zero-order chi connectivity index (χ0) is 26.0. The summed E-state index contributed by atoms with van der Waals surface area (Å²) < 4.78 is 0. The molecule has 0 aliphatic heterocycles. The zero-order valence-corrected chi connectivity index (χ0v) is 20.9. The molecule has 2 rings (SSSR count). The summed E-state index contributed by atoms with van der Waals surface area (Å²) in [4.78, 5) is 43.3. The summed E-state index contributed by atoms with van der Waals surface area (Å²) in [7, 11) is 0. The first-order valence-corrected chi connectivity index (χ1v) is 11.7. The van der Waals surface area contributed by atoms with Crippen LogP contribution < -0.4 is 16.8 Å². The monoisotopic (exact) mass is 521 g/mol. The number of nitrogens with two attached hydrogens (primary N) is 2. The topological polar surface area (TPSA) is 151 Å². The Morgan fingerprint density at radius 1 is 1.06 bits per heavy atom. The number of aryl methyl sites for hydroxylation is 1. The molecule has 0 radical (unpaired) electrons. The predicted molar refractivity (Wildman–Crippen MR) is 136 cm³/mol. The number of imide groups is 1. The predicted octanol–water partition coefficient (Wildman–Crippen LogP) is 2.93. The van der Waals surface area contributed by atoms with Gasteiger partial charge >= 0.3 is 5.97 Å². The van der Waals surface area contributed by atoms with Crippen LogP contribution in [0.2, 0.25) is 10.0 Å². The molecule has 0 spiro atoms. The SMILES string of the molecule is CC(=O)N(C(=O)CCc1ccccc1)[C@](CCCN=C(N)N)(NCc1ccc(Cl)c(Cl)c1)C(=O)O. The lowest BCUT2D eigenvalue weighted by Gasteiger charge is -2.39. The van der Waals surface area contributed by atoms with E-state index >= 15 is 0 Å². The lowest BCUT2D eigenvalue weighted by atomic mass is 9.98. The molecule has 9 nitrogen and oxygen atoms in total. The van der Waals surface area contributed by atoms with E-state index in [4.69, 9.17) is 34.7 Å². The van der Waals surface area contributed by atoms with Gasteiger partial charge in [-0.25, -0.2) is 4.79 Å². The molecule has 0 aliphatic carbocycles. The number of aliphatic imine (C=N–C) groups is 1. The molecule has 0 aliphatic rings. The average molecular weight is 522 g/mol. The van der Waals surface area contributed by atoms with Crippen molar-refractivity contribution >= 4 is 46.9 Å². The largest absolute Gasteiger partial charge is 0.478 e. The van der Waals surface area contributed by atoms with Crippen molar-refractivity contribution < 1.29 is 19.5 Å². The van der Waals surface area contributed by atoms with E-state index in [0.29, 0.717) is 22.0 Å². The molecule has 2 aromatic rings. The van der Waals surface area contributed by atoms with Gasteiger partial charge in [-0.05, 0) is 42.5 Å². The number of aliphatic carboxylic acids is 1. The Balaban J connectivity index is 2.37. The molecule has 0 bridgehead atoms. The quantitative estimate of drug-likeness (QED) is 0.145. The van der Waals surface area contributed by atoms with Crippen LogP contribution in [0.1, 0.15) is 37.3 Å². The van der Waals surface area contributed by atoms with Crippen molar-refractivity contribution in [1.29, 1.82) is 0 Å². The van der Waals surface area contributed by atoms with Crippen LogP contribution in [0.5, 0.6) is 0 Å². The minimum atomic E-state index is -2.04. The van der Waals surface area contributed by atoms with Crippen molar-refractivity contribution in [3.05, 3.63) is 69.7 Å². The average Bonchev–Trinajstić information content (AvgIpc) is 2.80. The molecule has 0 fully saturated rings. The van der Waals surface area contributed by atoms with Crippen LogP contribution in [-0.2, 0) is 27.3 Å². The summed E-state index contributed by atoms with van der Waals surface area (Å²) in [5.41, 5.74) is 10.2. The van der Waals surface area contributed by atoms with E-state index < -0.39 is 23.4 Å². The molecule has 188 valence electrons. The third-order valence-electron chi connectivity index (χ3n) is 5.33. The number of nitrogens with one attached hydrogen (secondary N) is 1. The Bertz CT molecular complexity index is 1080. The summed E-state index contributed by atoms with van der Waals surface area (Å²) in [6, 6.07) is 14.1. The smallest absolute Gasteiger partial charge is 0.345 e. The molecule has 0 aromatic heterocycles. The van der Waals surface area contributed by atoms with Gasteiger partial charge in [-0.1, -0.05) is 59.6 Å². The molecule has 0 heterocycles. The molecule has 1 atom stereocenters. The normalized spacial score (nSPS) is 12.4. The third-order valence-corrected chi connectivity index (χ3v) is 6.07. The number of nitrogens with zero attached hydrogens (tertiary/aromatic N) is 2. The molecule has 6 N–H and O–H groups in total. The maximum Gasteiger partial charge on any atom is 0.345 e. The Morgan fingerprint density at radius 2 is 1.74 bits per heavy atom. The van der Waals surface area contributed by atoms with Gasteiger partial charge < -0.3 is 16.6 Å². The number of carboxylic acid groups (broad SMARTS) is 1. The van der Waals surface area contributed by atoms with Crippen LogP contribution in [0.4, 0.5) is 0 Å². The van der Waals surface area contributed by atoms with E-state index in [1.54, 1.807) is 18.2 Å². The maximum atomic E-state index is 13.3. The van der Waals surface area contributed by atoms with Crippen molar-refractivity contribution in [2.75, 3.05) is 6.54 Å². The number of hydrogen-bond donors (Lipinski definition) is 4. The van der Waals surface area contributed by atoms with E-state index in [0.717, 1.165) is 17.4 Å². The second kappa shape index (κ2) is 13.1. The van der Waals surface area contributed by atoms with Gasteiger partial charge in [-0.2, -0.15) is 0 Å². The third kappa shape index (κ3) is 7.95. The second-order valence-corrected chi connectivity index (χ2v) is 8.73. The zero-order valence-electron chi connectivity index (χ0n) is 19.3. The van der Waals surface area contributed by atoms with Gasteiger partial charge in [-0.15, -0.1) is 0 Å². The fourth-order valence-corrected chi connectivity index (χ4v) is 3.98. The molecular formula is C24H29Cl2N5O4. The minimum absolute atomic E-state index is 0.00122. The summed E-state index contributed by atoms with van der Waals surface area (Å²) in [5, 5.41) is 13.9. The van der Waals surface area contributed by atoms with Crippen LogP contribution in [0.25, 0.3) is 0 Å². The van der Waals surface area contributed by atoms with Crippen molar-refractivity contribution in [3.8, 4) is 0 Å². The van der Waals surface area contributed by atoms with Gasteiger partial charge in [0.15, 0.2) is 11.6 Å². The first kappa shape index (κ1) is 28.1.